The van der Waals surface area contributed by atoms with Crippen molar-refractivity contribution in [3.05, 3.63) is 310 Å². The van der Waals surface area contributed by atoms with Crippen molar-refractivity contribution in [2.24, 2.45) is 0 Å². The largest absolute Gasteiger partial charge is 0.309 e. The lowest BCUT2D eigenvalue weighted by molar-refractivity contribution is 0.569. The molecule has 0 bridgehead atoms. The zero-order valence-corrected chi connectivity index (χ0v) is 62.6. The van der Waals surface area contributed by atoms with Crippen molar-refractivity contribution in [2.45, 2.75) is 169 Å². The second kappa shape index (κ2) is 23.7. The highest BCUT2D eigenvalue weighted by Gasteiger charge is 2.43. The molecular weight excluding hydrogens is 1230 g/mol. The average molecular weight is 1340 g/mol. The van der Waals surface area contributed by atoms with Crippen LogP contribution < -0.4 is 14.7 Å². The van der Waals surface area contributed by atoms with Gasteiger partial charge in [0, 0.05) is 33.5 Å². The first-order valence-corrected chi connectivity index (χ1v) is 36.4. The number of benzene rings is 12. The molecule has 12 aromatic carbocycles. The van der Waals surface area contributed by atoms with Gasteiger partial charge in [-0.2, -0.15) is 0 Å². The maximum atomic E-state index is 9.87. The Morgan fingerprint density at radius 2 is 0.696 bits per heavy atom. The van der Waals surface area contributed by atoms with E-state index in [1.165, 1.54) is 50.1 Å². The van der Waals surface area contributed by atoms with E-state index < -0.39 is 24.2 Å². The van der Waals surface area contributed by atoms with Gasteiger partial charge < -0.3 is 19.3 Å². The Morgan fingerprint density at radius 1 is 0.304 bits per heavy atom. The van der Waals surface area contributed by atoms with Gasteiger partial charge in [0.05, 0.1) is 73.2 Å². The monoisotopic (exact) mass is 1340 g/mol. The smallest absolute Gasteiger partial charge is 0.0948 e. The van der Waals surface area contributed by atoms with Crippen molar-refractivity contribution in [3.8, 4) is 39.1 Å². The summed E-state index contributed by atoms with van der Waals surface area (Å²) in [6.07, 6.45) is 0.783. The van der Waals surface area contributed by atoms with Crippen LogP contribution in [-0.2, 0) is 38.9 Å². The summed E-state index contributed by atoms with van der Waals surface area (Å²) in [6, 6.07) is 71.9. The molecule has 4 heteroatoms. The number of fused-ring (bicyclic) bond motifs is 9. The third-order valence-corrected chi connectivity index (χ3v) is 21.8. The minimum atomic E-state index is -0.494. The van der Waals surface area contributed by atoms with Crippen molar-refractivity contribution in [1.29, 1.82) is 0 Å². The van der Waals surface area contributed by atoms with Gasteiger partial charge in [0.25, 0.3) is 0 Å². The zero-order chi connectivity index (χ0) is 78.4. The highest BCUT2D eigenvalue weighted by atomic mass is 15.3. The molecular formula is C98H98N4. The van der Waals surface area contributed by atoms with Crippen molar-refractivity contribution < 1.29 is 11.0 Å². The normalized spacial score (nSPS) is 15.1. The van der Waals surface area contributed by atoms with Gasteiger partial charge in [0.2, 0.25) is 0 Å². The summed E-state index contributed by atoms with van der Waals surface area (Å²) in [5.41, 5.74) is 27.1. The first kappa shape index (κ1) is 57.5. The third kappa shape index (κ3) is 11.4. The van der Waals surface area contributed by atoms with E-state index in [4.69, 9.17) is 2.74 Å². The van der Waals surface area contributed by atoms with Crippen LogP contribution in [0, 0.1) is 0 Å². The highest BCUT2D eigenvalue weighted by Crippen LogP contribution is 2.66. The van der Waals surface area contributed by atoms with E-state index in [-0.39, 0.29) is 84.4 Å². The molecule has 0 saturated heterocycles. The first-order valence-electron chi connectivity index (χ1n) is 40.4. The van der Waals surface area contributed by atoms with Gasteiger partial charge in [-0.15, -0.1) is 0 Å². The van der Waals surface area contributed by atoms with Crippen LogP contribution >= 0.6 is 0 Å². The summed E-state index contributed by atoms with van der Waals surface area (Å²) in [5, 5.41) is 0.0311. The molecule has 3 aliphatic rings. The fourth-order valence-corrected chi connectivity index (χ4v) is 15.8. The van der Waals surface area contributed by atoms with Crippen molar-refractivity contribution in [3.63, 3.8) is 0 Å². The summed E-state index contributed by atoms with van der Waals surface area (Å²) >= 11 is 0. The fourth-order valence-electron chi connectivity index (χ4n) is 15.8. The highest BCUT2D eigenvalue weighted by molar-refractivity contribution is 6.16. The molecule has 0 radical (unpaired) electrons. The van der Waals surface area contributed by atoms with E-state index in [2.05, 4.69) is 333 Å². The molecule has 0 spiro atoms. The number of hydrogen-bond acceptors (Lipinski definition) is 3. The van der Waals surface area contributed by atoms with Crippen molar-refractivity contribution in [2.75, 3.05) is 14.7 Å². The van der Waals surface area contributed by atoms with Gasteiger partial charge >= 0.3 is 0 Å². The SMILES string of the molecule is [2H]c1c([2H])c([2H])c2c(c1[2H])c1c([2H])c([2H])c([2H])c([2H])c1n2-c1ccc2c(c1)N(c1ccc(C(C)(C)C)cc1-c1ccc(C(C)(C)C)cc1)c1cc(C3c4ccccc4Cc4ccccc43)cc3c1N2c1cc(-c2cc(C(C)(C)C)cc(C(C)(C)C)c2)ccc1N3c1ccc(C(C)(C)C)cc1-c1ccc(C(C)(C)C)cc1. The number of nitrogens with zero attached hydrogens (tertiary/aromatic N) is 4. The third-order valence-electron chi connectivity index (χ3n) is 21.8. The maximum Gasteiger partial charge on any atom is 0.0948 e. The quantitative estimate of drug-likeness (QED) is 0.158. The molecule has 1 aliphatic carbocycles. The first-order chi connectivity index (χ1) is 51.7. The molecule has 0 amide bonds. The predicted molar refractivity (Wildman–Crippen MR) is 437 cm³/mol. The number of hydrogen-bond donors (Lipinski definition) is 0. The molecule has 0 fully saturated rings. The van der Waals surface area contributed by atoms with Gasteiger partial charge in [-0.1, -0.05) is 294 Å². The Hall–Kier alpha value is -10.2. The van der Waals surface area contributed by atoms with E-state index in [9.17, 15) is 8.22 Å². The van der Waals surface area contributed by atoms with Gasteiger partial charge in [0.1, 0.15) is 0 Å². The molecule has 0 N–H and O–H groups in total. The predicted octanol–water partition coefficient (Wildman–Crippen LogP) is 27.7. The van der Waals surface area contributed by atoms with Gasteiger partial charge in [-0.25, -0.2) is 0 Å². The topological polar surface area (TPSA) is 14.7 Å². The number of para-hydroxylation sites is 2. The Labute approximate surface area is 618 Å². The minimum absolute atomic E-state index is 0.0155. The zero-order valence-electron chi connectivity index (χ0n) is 70.6. The standard InChI is InChI=1S/C98H98N4/c1-93(2,3)68-40-35-61(36-41-68)79-58-70(95(7,8)9)44-48-83(79)100-85-47-39-63(66-52-72(97(13,14)15)57-73(53-66)98(16,17)18)54-87(85)102-86-50-46-74(99-81-33-25-23-31-77(81)78-32-24-26-34-82(78)99)60-88(86)101(84-49-45-71(96(10,11)12)59-80(84)62-37-42-69(43-38-62)94(4,5)6)90-56-67(55-89(100)92(90)102)91-75-29-21-19-27-64(75)51-65-28-20-22-30-76(65)91/h19-50,52-60,91H,51H2,1-18H3/i23D,24D,25D,26D,31D,32D,33D,34D. The second-order valence-electron chi connectivity index (χ2n) is 35.0. The van der Waals surface area contributed by atoms with Crippen molar-refractivity contribution in [1.82, 2.24) is 4.57 Å². The molecule has 0 unspecified atom stereocenters. The van der Waals surface area contributed by atoms with Crippen molar-refractivity contribution >= 4 is 73.0 Å². The minimum Gasteiger partial charge on any atom is -0.309 e. The van der Waals surface area contributed by atoms with Crippen LogP contribution in [0.3, 0.4) is 0 Å². The molecule has 16 rings (SSSR count). The lowest BCUT2D eigenvalue weighted by Crippen LogP contribution is -2.31. The van der Waals surface area contributed by atoms with Crippen LogP contribution in [0.1, 0.15) is 203 Å². The average Bonchev–Trinajstić information content (AvgIpc) is 0.876. The summed E-state index contributed by atoms with van der Waals surface area (Å²) in [4.78, 5) is 7.45. The molecule has 0 saturated carbocycles. The van der Waals surface area contributed by atoms with Crippen LogP contribution in [0.2, 0.25) is 0 Å². The lowest BCUT2D eigenvalue weighted by Gasteiger charge is -2.48. The summed E-state index contributed by atoms with van der Waals surface area (Å²) in [7, 11) is 0. The van der Waals surface area contributed by atoms with Crippen LogP contribution in [0.15, 0.2) is 249 Å². The Balaban J connectivity index is 1.11. The molecule has 4 nitrogen and oxygen atoms in total. The second-order valence-corrected chi connectivity index (χ2v) is 35.0. The Morgan fingerprint density at radius 3 is 1.17 bits per heavy atom. The fraction of sp³-hybridized carbons (Fsp3) is 0.265. The molecule has 3 heterocycles. The molecule has 510 valence electrons. The number of aromatic nitrogens is 1. The molecule has 102 heavy (non-hydrogen) atoms. The van der Waals surface area contributed by atoms with E-state index >= 15 is 0 Å². The Bertz CT molecular complexity index is 5840. The van der Waals surface area contributed by atoms with E-state index in [0.717, 1.165) is 102 Å². The molecule has 1 aromatic heterocycles. The van der Waals surface area contributed by atoms with E-state index in [1.54, 1.807) is 4.57 Å². The van der Waals surface area contributed by atoms with E-state index in [1.807, 2.05) is 6.07 Å². The van der Waals surface area contributed by atoms with Gasteiger partial charge in [-0.05, 0) is 201 Å². The lowest BCUT2D eigenvalue weighted by atomic mass is 9.74. The molecule has 0 atom stereocenters. The summed E-state index contributed by atoms with van der Waals surface area (Å²) < 4.78 is 77.4. The van der Waals surface area contributed by atoms with Gasteiger partial charge in [-0.3, -0.25) is 0 Å². The van der Waals surface area contributed by atoms with Crippen LogP contribution in [0.4, 0.5) is 51.2 Å². The van der Waals surface area contributed by atoms with E-state index in [0.29, 0.717) is 5.69 Å². The summed E-state index contributed by atoms with van der Waals surface area (Å²) in [5.74, 6) is -0.248. The van der Waals surface area contributed by atoms with Gasteiger partial charge in [0.15, 0.2) is 0 Å². The van der Waals surface area contributed by atoms with Crippen LogP contribution in [0.25, 0.3) is 60.9 Å². The summed E-state index contributed by atoms with van der Waals surface area (Å²) in [6.45, 7) is 40.9. The van der Waals surface area contributed by atoms with Crippen LogP contribution in [0.5, 0.6) is 0 Å². The Kier molecular flexibility index (Phi) is 13.4. The molecule has 13 aromatic rings. The number of anilines is 9. The van der Waals surface area contributed by atoms with Crippen LogP contribution in [-0.4, -0.2) is 4.57 Å². The molecule has 2 aliphatic heterocycles. The maximum absolute atomic E-state index is 9.87. The number of rotatable bonds is 7.